The van der Waals surface area contributed by atoms with Crippen molar-refractivity contribution in [2.75, 3.05) is 13.1 Å². The van der Waals surface area contributed by atoms with Gasteiger partial charge in [0, 0.05) is 25.2 Å². The van der Waals surface area contributed by atoms with E-state index >= 15 is 0 Å². The number of nitrogens with zero attached hydrogens (tertiary/aromatic N) is 1. The molecule has 1 N–H and O–H groups in total. The average molecular weight is 390 g/mol. The number of sulfonamides is 1. The van der Waals surface area contributed by atoms with E-state index in [-0.39, 0.29) is 23.2 Å². The molecule has 0 radical (unpaired) electrons. The highest BCUT2D eigenvalue weighted by Crippen LogP contribution is 2.23. The van der Waals surface area contributed by atoms with E-state index in [1.807, 2.05) is 0 Å². The quantitative estimate of drug-likeness (QED) is 0.853. The fourth-order valence-corrected chi connectivity index (χ4v) is 4.72. The molecule has 1 aliphatic heterocycles. The van der Waals surface area contributed by atoms with Gasteiger partial charge in [-0.2, -0.15) is 4.31 Å². The SMILES string of the molecule is Cc1cc(CNC(=O)c2cc(S(=O)(=O)N3CCCC3)ccc2C)ccc1F. The van der Waals surface area contributed by atoms with Crippen molar-refractivity contribution >= 4 is 15.9 Å². The summed E-state index contributed by atoms with van der Waals surface area (Å²) in [5.41, 5.74) is 2.31. The number of hydrogen-bond acceptors (Lipinski definition) is 3. The topological polar surface area (TPSA) is 66.5 Å². The van der Waals surface area contributed by atoms with E-state index < -0.39 is 10.0 Å². The van der Waals surface area contributed by atoms with Gasteiger partial charge in [0.25, 0.3) is 5.91 Å². The maximum absolute atomic E-state index is 13.4. The Labute approximate surface area is 159 Å². The third-order valence-corrected chi connectivity index (χ3v) is 6.73. The number of rotatable bonds is 5. The number of carbonyl (C=O) groups excluding carboxylic acids is 1. The van der Waals surface area contributed by atoms with Gasteiger partial charge < -0.3 is 5.32 Å². The van der Waals surface area contributed by atoms with E-state index in [0.29, 0.717) is 29.8 Å². The van der Waals surface area contributed by atoms with Crippen LogP contribution in [-0.4, -0.2) is 31.7 Å². The highest BCUT2D eigenvalue weighted by atomic mass is 32.2. The van der Waals surface area contributed by atoms with Crippen LogP contribution >= 0.6 is 0 Å². The summed E-state index contributed by atoms with van der Waals surface area (Å²) in [5, 5.41) is 2.78. The van der Waals surface area contributed by atoms with E-state index in [4.69, 9.17) is 0 Å². The Balaban J connectivity index is 1.79. The zero-order valence-corrected chi connectivity index (χ0v) is 16.3. The Morgan fingerprint density at radius 3 is 2.44 bits per heavy atom. The minimum atomic E-state index is -3.58. The summed E-state index contributed by atoms with van der Waals surface area (Å²) in [6.07, 6.45) is 1.71. The molecule has 0 spiro atoms. The number of benzene rings is 2. The van der Waals surface area contributed by atoms with Crippen molar-refractivity contribution in [3.8, 4) is 0 Å². The van der Waals surface area contributed by atoms with E-state index in [2.05, 4.69) is 5.32 Å². The number of carbonyl (C=O) groups is 1. The van der Waals surface area contributed by atoms with Gasteiger partial charge in [-0.25, -0.2) is 12.8 Å². The minimum absolute atomic E-state index is 0.137. The zero-order chi connectivity index (χ0) is 19.6. The Kier molecular flexibility index (Phi) is 5.62. The van der Waals surface area contributed by atoms with E-state index in [0.717, 1.165) is 18.4 Å². The Bertz CT molecular complexity index is 967. The highest BCUT2D eigenvalue weighted by molar-refractivity contribution is 7.89. The summed E-state index contributed by atoms with van der Waals surface area (Å²) in [6, 6.07) is 9.29. The number of hydrogen-bond donors (Lipinski definition) is 1. The van der Waals surface area contributed by atoms with Crippen LogP contribution in [0.1, 0.15) is 39.9 Å². The molecule has 1 heterocycles. The molecule has 1 saturated heterocycles. The molecule has 0 aliphatic carbocycles. The monoisotopic (exact) mass is 390 g/mol. The molecule has 2 aromatic rings. The molecule has 0 bridgehead atoms. The number of halogens is 1. The Hall–Kier alpha value is -2.25. The van der Waals surface area contributed by atoms with Crippen molar-refractivity contribution in [1.29, 1.82) is 0 Å². The first kappa shape index (κ1) is 19.5. The molecule has 1 fully saturated rings. The molecule has 0 saturated carbocycles. The van der Waals surface area contributed by atoms with Crippen LogP contribution in [0.3, 0.4) is 0 Å². The lowest BCUT2D eigenvalue weighted by atomic mass is 10.1. The molecule has 27 heavy (non-hydrogen) atoms. The summed E-state index contributed by atoms with van der Waals surface area (Å²) < 4.78 is 40.3. The number of aryl methyl sites for hydroxylation is 2. The van der Waals surface area contributed by atoms with Crippen LogP contribution in [0.15, 0.2) is 41.3 Å². The zero-order valence-electron chi connectivity index (χ0n) is 15.5. The van der Waals surface area contributed by atoms with Crippen molar-refractivity contribution < 1.29 is 17.6 Å². The summed E-state index contributed by atoms with van der Waals surface area (Å²) in [5.74, 6) is -0.645. The van der Waals surface area contributed by atoms with Crippen LogP contribution in [0, 0.1) is 19.7 Å². The van der Waals surface area contributed by atoms with Crippen LogP contribution < -0.4 is 5.32 Å². The van der Waals surface area contributed by atoms with Gasteiger partial charge >= 0.3 is 0 Å². The van der Waals surface area contributed by atoms with Crippen molar-refractivity contribution in [1.82, 2.24) is 9.62 Å². The lowest BCUT2D eigenvalue weighted by Gasteiger charge is -2.17. The molecular formula is C20H23FN2O3S. The third kappa shape index (κ3) is 4.20. The lowest BCUT2D eigenvalue weighted by Crippen LogP contribution is -2.29. The molecule has 0 unspecified atom stereocenters. The molecular weight excluding hydrogens is 367 g/mol. The molecule has 7 heteroatoms. The van der Waals surface area contributed by atoms with E-state index in [9.17, 15) is 17.6 Å². The number of nitrogens with one attached hydrogen (secondary N) is 1. The summed E-state index contributed by atoms with van der Waals surface area (Å²) in [4.78, 5) is 12.7. The molecule has 1 amide bonds. The van der Waals surface area contributed by atoms with Crippen molar-refractivity contribution in [3.05, 3.63) is 64.5 Å². The third-order valence-electron chi connectivity index (χ3n) is 4.83. The molecule has 5 nitrogen and oxygen atoms in total. The first-order chi connectivity index (χ1) is 12.8. The van der Waals surface area contributed by atoms with Gasteiger partial charge in [0.15, 0.2) is 0 Å². The van der Waals surface area contributed by atoms with Crippen molar-refractivity contribution in [2.24, 2.45) is 0 Å². The average Bonchev–Trinajstić information content (AvgIpc) is 3.18. The van der Waals surface area contributed by atoms with Crippen LogP contribution in [0.2, 0.25) is 0 Å². The second-order valence-corrected chi connectivity index (χ2v) is 8.79. The van der Waals surface area contributed by atoms with Gasteiger partial charge in [0.1, 0.15) is 5.82 Å². The van der Waals surface area contributed by atoms with Crippen LogP contribution in [0.25, 0.3) is 0 Å². The van der Waals surface area contributed by atoms with Crippen LogP contribution in [0.5, 0.6) is 0 Å². The summed E-state index contributed by atoms with van der Waals surface area (Å²) in [6.45, 7) is 4.70. The highest BCUT2D eigenvalue weighted by Gasteiger charge is 2.28. The Morgan fingerprint density at radius 1 is 1.07 bits per heavy atom. The molecule has 0 aromatic heterocycles. The number of amides is 1. The van der Waals surface area contributed by atoms with Crippen LogP contribution in [0.4, 0.5) is 4.39 Å². The second kappa shape index (κ2) is 7.78. The minimum Gasteiger partial charge on any atom is -0.348 e. The summed E-state index contributed by atoms with van der Waals surface area (Å²) >= 11 is 0. The largest absolute Gasteiger partial charge is 0.348 e. The van der Waals surface area contributed by atoms with Gasteiger partial charge in [-0.15, -0.1) is 0 Å². The molecule has 0 atom stereocenters. The smallest absolute Gasteiger partial charge is 0.251 e. The Morgan fingerprint density at radius 2 is 1.78 bits per heavy atom. The van der Waals surface area contributed by atoms with Gasteiger partial charge in [0.2, 0.25) is 10.0 Å². The van der Waals surface area contributed by atoms with Gasteiger partial charge in [0.05, 0.1) is 4.90 Å². The summed E-state index contributed by atoms with van der Waals surface area (Å²) in [7, 11) is -3.58. The van der Waals surface area contributed by atoms with E-state index in [1.54, 1.807) is 38.1 Å². The van der Waals surface area contributed by atoms with Crippen molar-refractivity contribution in [3.63, 3.8) is 0 Å². The van der Waals surface area contributed by atoms with E-state index in [1.165, 1.54) is 16.4 Å². The molecule has 1 aliphatic rings. The fraction of sp³-hybridized carbons (Fsp3) is 0.350. The molecule has 144 valence electrons. The normalized spacial score (nSPS) is 15.1. The first-order valence-electron chi connectivity index (χ1n) is 8.93. The second-order valence-electron chi connectivity index (χ2n) is 6.85. The van der Waals surface area contributed by atoms with Gasteiger partial charge in [-0.05, 0) is 61.6 Å². The predicted octanol–water partition coefficient (Wildman–Crippen LogP) is 3.16. The lowest BCUT2D eigenvalue weighted by molar-refractivity contribution is 0.0950. The van der Waals surface area contributed by atoms with Crippen LogP contribution in [-0.2, 0) is 16.6 Å². The van der Waals surface area contributed by atoms with Gasteiger partial charge in [-0.3, -0.25) is 4.79 Å². The predicted molar refractivity (Wildman–Crippen MR) is 101 cm³/mol. The first-order valence-corrected chi connectivity index (χ1v) is 10.4. The molecule has 3 rings (SSSR count). The maximum atomic E-state index is 13.4. The fourth-order valence-electron chi connectivity index (χ4n) is 3.18. The van der Waals surface area contributed by atoms with Crippen molar-refractivity contribution in [2.45, 2.75) is 38.1 Å². The van der Waals surface area contributed by atoms with Gasteiger partial charge in [-0.1, -0.05) is 18.2 Å². The molecule has 2 aromatic carbocycles. The standard InChI is InChI=1S/C20H23FN2O3S/c1-14-5-7-17(27(25,26)23-9-3-4-10-23)12-18(14)20(24)22-13-16-6-8-19(21)15(2)11-16/h5-8,11-12H,3-4,9-10,13H2,1-2H3,(H,22,24). The maximum Gasteiger partial charge on any atom is 0.251 e.